The van der Waals surface area contributed by atoms with Crippen molar-refractivity contribution in [2.24, 2.45) is 0 Å². The zero-order valence-electron chi connectivity index (χ0n) is 9.61. The smallest absolute Gasteiger partial charge is 0.323 e. The molecule has 0 atom stereocenters. The molecule has 0 spiro atoms. The minimum atomic E-state index is -1.09. The average Bonchev–Trinajstić information content (AvgIpc) is 2.29. The Kier molecular flexibility index (Phi) is 5.08. The third-order valence-corrected chi connectivity index (χ3v) is 2.82. The Morgan fingerprint density at radius 2 is 2.17 bits per heavy atom. The summed E-state index contributed by atoms with van der Waals surface area (Å²) in [5.41, 5.74) is 0.380. The first-order chi connectivity index (χ1) is 8.43. The summed E-state index contributed by atoms with van der Waals surface area (Å²) in [5, 5.41) is 11.1. The molecule has 18 heavy (non-hydrogen) atoms. The van der Waals surface area contributed by atoms with Gasteiger partial charge in [-0.15, -0.1) is 0 Å². The van der Waals surface area contributed by atoms with E-state index < -0.39 is 17.8 Å². The number of amides is 2. The van der Waals surface area contributed by atoms with Crippen molar-refractivity contribution in [1.82, 2.24) is 4.90 Å². The molecule has 0 aliphatic carbocycles. The van der Waals surface area contributed by atoms with Crippen LogP contribution in [-0.2, 0) is 4.79 Å². The number of rotatable bonds is 4. The molecule has 0 heterocycles. The van der Waals surface area contributed by atoms with Crippen LogP contribution in [0.15, 0.2) is 22.7 Å². The molecule has 5 nitrogen and oxygen atoms in total. The van der Waals surface area contributed by atoms with Crippen molar-refractivity contribution in [3.05, 3.63) is 28.5 Å². The number of aliphatic carboxylic acids is 1. The lowest BCUT2D eigenvalue weighted by Gasteiger charge is -2.19. The standard InChI is InChI=1S/C11H12BrFN2O3/c1-2-15(6-10(16)17)11(18)14-9-4-3-7(13)5-8(9)12/h3-5H,2,6H2,1H3,(H,14,18)(H,16,17). The lowest BCUT2D eigenvalue weighted by Crippen LogP contribution is -2.38. The number of hydrogen-bond acceptors (Lipinski definition) is 2. The van der Waals surface area contributed by atoms with Gasteiger partial charge in [-0.2, -0.15) is 0 Å². The molecule has 2 N–H and O–H groups in total. The van der Waals surface area contributed by atoms with E-state index in [1.54, 1.807) is 6.92 Å². The summed E-state index contributed by atoms with van der Waals surface area (Å²) >= 11 is 3.11. The summed E-state index contributed by atoms with van der Waals surface area (Å²) in [6.45, 7) is 1.54. The number of carbonyl (C=O) groups is 2. The van der Waals surface area contributed by atoms with Gasteiger partial charge >= 0.3 is 12.0 Å². The lowest BCUT2D eigenvalue weighted by atomic mass is 10.3. The summed E-state index contributed by atoms with van der Waals surface area (Å²) in [4.78, 5) is 23.4. The fourth-order valence-electron chi connectivity index (χ4n) is 1.28. The number of urea groups is 1. The monoisotopic (exact) mass is 318 g/mol. The summed E-state index contributed by atoms with van der Waals surface area (Å²) in [6.07, 6.45) is 0. The van der Waals surface area contributed by atoms with Crippen molar-refractivity contribution < 1.29 is 19.1 Å². The number of nitrogens with zero attached hydrogens (tertiary/aromatic N) is 1. The van der Waals surface area contributed by atoms with Gasteiger partial charge in [0.05, 0.1) is 5.69 Å². The molecule has 0 fully saturated rings. The van der Waals surface area contributed by atoms with Crippen LogP contribution in [0.5, 0.6) is 0 Å². The van der Waals surface area contributed by atoms with Gasteiger partial charge in [0, 0.05) is 11.0 Å². The van der Waals surface area contributed by atoms with E-state index in [9.17, 15) is 14.0 Å². The number of anilines is 1. The highest BCUT2D eigenvalue weighted by Gasteiger charge is 2.15. The van der Waals surface area contributed by atoms with E-state index in [-0.39, 0.29) is 13.1 Å². The van der Waals surface area contributed by atoms with Crippen LogP contribution in [0.4, 0.5) is 14.9 Å². The molecule has 2 amide bonds. The van der Waals surface area contributed by atoms with Crippen LogP contribution in [0, 0.1) is 5.82 Å². The molecule has 0 radical (unpaired) electrons. The van der Waals surface area contributed by atoms with E-state index >= 15 is 0 Å². The van der Waals surface area contributed by atoms with Gasteiger partial charge in [-0.3, -0.25) is 4.79 Å². The zero-order chi connectivity index (χ0) is 13.7. The maximum absolute atomic E-state index is 12.9. The Hall–Kier alpha value is -1.63. The van der Waals surface area contributed by atoms with Crippen molar-refractivity contribution in [3.63, 3.8) is 0 Å². The molecule has 1 rings (SSSR count). The van der Waals surface area contributed by atoms with Crippen LogP contribution >= 0.6 is 15.9 Å². The van der Waals surface area contributed by atoms with Gasteiger partial charge in [-0.25, -0.2) is 9.18 Å². The topological polar surface area (TPSA) is 69.6 Å². The Labute approximate surface area is 112 Å². The van der Waals surface area contributed by atoms with Crippen LogP contribution < -0.4 is 5.32 Å². The van der Waals surface area contributed by atoms with Gasteiger partial charge < -0.3 is 15.3 Å². The number of nitrogens with one attached hydrogen (secondary N) is 1. The van der Waals surface area contributed by atoms with Crippen molar-refractivity contribution in [3.8, 4) is 0 Å². The van der Waals surface area contributed by atoms with Gasteiger partial charge in [0.1, 0.15) is 12.4 Å². The molecular weight excluding hydrogens is 307 g/mol. The molecule has 0 aliphatic rings. The molecule has 7 heteroatoms. The van der Waals surface area contributed by atoms with Crippen molar-refractivity contribution in [2.75, 3.05) is 18.4 Å². The number of carboxylic acid groups (broad SMARTS) is 1. The first-order valence-corrected chi connectivity index (χ1v) is 5.96. The molecule has 1 aromatic carbocycles. The number of likely N-dealkylation sites (N-methyl/N-ethyl adjacent to an activating group) is 1. The van der Waals surface area contributed by atoms with Crippen LogP contribution in [0.1, 0.15) is 6.92 Å². The van der Waals surface area contributed by atoms with Crippen molar-refractivity contribution >= 4 is 33.6 Å². The predicted molar refractivity (Wildman–Crippen MR) is 68.0 cm³/mol. The largest absolute Gasteiger partial charge is 0.480 e. The molecule has 0 saturated carbocycles. The first-order valence-electron chi connectivity index (χ1n) is 5.16. The fourth-order valence-corrected chi connectivity index (χ4v) is 1.73. The molecular formula is C11H12BrFN2O3. The summed E-state index contributed by atoms with van der Waals surface area (Å²) < 4.78 is 13.2. The van der Waals surface area contributed by atoms with Crippen LogP contribution in [0.25, 0.3) is 0 Å². The molecule has 0 aromatic heterocycles. The number of halogens is 2. The Bertz CT molecular complexity index is 468. The van der Waals surface area contributed by atoms with E-state index in [1.807, 2.05) is 0 Å². The summed E-state index contributed by atoms with van der Waals surface area (Å²) in [6, 6.07) is 3.26. The second-order valence-corrected chi connectivity index (χ2v) is 4.32. The number of hydrogen-bond donors (Lipinski definition) is 2. The highest BCUT2D eigenvalue weighted by molar-refractivity contribution is 9.10. The maximum atomic E-state index is 12.9. The van der Waals surface area contributed by atoms with E-state index in [0.717, 1.165) is 4.90 Å². The SMILES string of the molecule is CCN(CC(=O)O)C(=O)Nc1ccc(F)cc1Br. The van der Waals surface area contributed by atoms with Gasteiger partial charge in [0.2, 0.25) is 0 Å². The second-order valence-electron chi connectivity index (χ2n) is 3.46. The molecule has 0 unspecified atom stereocenters. The summed E-state index contributed by atoms with van der Waals surface area (Å²) in [7, 11) is 0. The lowest BCUT2D eigenvalue weighted by molar-refractivity contribution is -0.137. The highest BCUT2D eigenvalue weighted by atomic mass is 79.9. The minimum absolute atomic E-state index is 0.261. The van der Waals surface area contributed by atoms with Gasteiger partial charge in [0.25, 0.3) is 0 Å². The van der Waals surface area contributed by atoms with Crippen LogP contribution in [0.2, 0.25) is 0 Å². The molecule has 0 bridgehead atoms. The summed E-state index contributed by atoms with van der Waals surface area (Å²) in [5.74, 6) is -1.53. The Balaban J connectivity index is 2.76. The van der Waals surface area contributed by atoms with Crippen LogP contribution in [0.3, 0.4) is 0 Å². The van der Waals surface area contributed by atoms with Gasteiger partial charge in [-0.05, 0) is 41.1 Å². The number of carboxylic acids is 1. The predicted octanol–water partition coefficient (Wildman–Crippen LogP) is 2.53. The quantitative estimate of drug-likeness (QED) is 0.896. The molecule has 1 aromatic rings. The Morgan fingerprint density at radius 3 is 2.67 bits per heavy atom. The van der Waals surface area contributed by atoms with Gasteiger partial charge in [0.15, 0.2) is 0 Å². The molecule has 0 aliphatic heterocycles. The fraction of sp³-hybridized carbons (Fsp3) is 0.273. The normalized spacial score (nSPS) is 9.94. The third-order valence-electron chi connectivity index (χ3n) is 2.17. The zero-order valence-corrected chi connectivity index (χ0v) is 11.2. The molecule has 0 saturated heterocycles. The van der Waals surface area contributed by atoms with Crippen LogP contribution in [-0.4, -0.2) is 35.1 Å². The van der Waals surface area contributed by atoms with E-state index in [0.29, 0.717) is 10.2 Å². The third kappa shape index (κ3) is 3.99. The van der Waals surface area contributed by atoms with E-state index in [1.165, 1.54) is 18.2 Å². The van der Waals surface area contributed by atoms with E-state index in [2.05, 4.69) is 21.2 Å². The molecule has 98 valence electrons. The highest BCUT2D eigenvalue weighted by Crippen LogP contribution is 2.23. The van der Waals surface area contributed by atoms with Crippen molar-refractivity contribution in [2.45, 2.75) is 6.92 Å². The second kappa shape index (κ2) is 6.34. The Morgan fingerprint density at radius 1 is 1.50 bits per heavy atom. The first kappa shape index (κ1) is 14.4. The maximum Gasteiger partial charge on any atom is 0.323 e. The number of benzene rings is 1. The average molecular weight is 319 g/mol. The van der Waals surface area contributed by atoms with E-state index in [4.69, 9.17) is 5.11 Å². The number of carbonyl (C=O) groups excluding carboxylic acids is 1. The minimum Gasteiger partial charge on any atom is -0.480 e. The van der Waals surface area contributed by atoms with Crippen molar-refractivity contribution in [1.29, 1.82) is 0 Å². The van der Waals surface area contributed by atoms with Gasteiger partial charge in [-0.1, -0.05) is 0 Å².